The SMILES string of the molecule is CC(C)CC(C(C)C)C(P)C(C)C. The molecule has 0 aromatic carbocycles. The Morgan fingerprint density at radius 1 is 0.846 bits per heavy atom. The molecule has 0 rings (SSSR count). The molecule has 0 aliphatic heterocycles. The van der Waals surface area contributed by atoms with Crippen LogP contribution in [-0.4, -0.2) is 5.66 Å². The van der Waals surface area contributed by atoms with Crippen molar-refractivity contribution in [1.29, 1.82) is 0 Å². The Morgan fingerprint density at radius 3 is 1.54 bits per heavy atom. The normalized spacial score (nSPS) is 17.1. The highest BCUT2D eigenvalue weighted by Crippen LogP contribution is 2.32. The van der Waals surface area contributed by atoms with Gasteiger partial charge in [0, 0.05) is 0 Å². The standard InChI is InChI=1S/C12H27P/c1-8(2)7-11(9(3)4)12(13)10(5)6/h8-12H,7,13H2,1-6H3. The van der Waals surface area contributed by atoms with Gasteiger partial charge in [0.1, 0.15) is 0 Å². The van der Waals surface area contributed by atoms with Crippen LogP contribution in [0.4, 0.5) is 0 Å². The molecule has 0 saturated carbocycles. The van der Waals surface area contributed by atoms with E-state index in [1.807, 2.05) is 0 Å². The lowest BCUT2D eigenvalue weighted by Gasteiger charge is -2.31. The van der Waals surface area contributed by atoms with E-state index in [4.69, 9.17) is 0 Å². The molecule has 3 unspecified atom stereocenters. The van der Waals surface area contributed by atoms with E-state index >= 15 is 0 Å². The van der Waals surface area contributed by atoms with Crippen LogP contribution < -0.4 is 0 Å². The van der Waals surface area contributed by atoms with Crippen molar-refractivity contribution in [2.45, 2.75) is 53.6 Å². The van der Waals surface area contributed by atoms with Crippen LogP contribution >= 0.6 is 9.24 Å². The van der Waals surface area contributed by atoms with E-state index in [0.717, 1.165) is 29.3 Å². The van der Waals surface area contributed by atoms with Crippen LogP contribution in [0.2, 0.25) is 0 Å². The summed E-state index contributed by atoms with van der Waals surface area (Å²) in [5.74, 6) is 3.29. The molecule has 80 valence electrons. The molecule has 0 fully saturated rings. The second-order valence-corrected chi connectivity index (χ2v) is 6.13. The Bertz CT molecular complexity index is 127. The largest absolute Gasteiger partial charge is 0.134 e. The van der Waals surface area contributed by atoms with Gasteiger partial charge in [0.05, 0.1) is 0 Å². The Kier molecular flexibility index (Phi) is 6.21. The summed E-state index contributed by atoms with van der Waals surface area (Å²) < 4.78 is 0. The van der Waals surface area contributed by atoms with Crippen LogP contribution in [0, 0.1) is 23.7 Å². The first kappa shape index (κ1) is 13.4. The third-order valence-corrected chi connectivity index (χ3v) is 4.13. The molecule has 0 aliphatic carbocycles. The van der Waals surface area contributed by atoms with Crippen molar-refractivity contribution in [3.8, 4) is 0 Å². The van der Waals surface area contributed by atoms with Crippen molar-refractivity contribution >= 4 is 9.24 Å². The first-order valence-corrected chi connectivity index (χ1v) is 6.28. The van der Waals surface area contributed by atoms with Gasteiger partial charge < -0.3 is 0 Å². The van der Waals surface area contributed by atoms with Gasteiger partial charge in [0.2, 0.25) is 0 Å². The molecule has 0 aromatic rings. The zero-order valence-corrected chi connectivity index (χ0v) is 11.3. The predicted molar refractivity (Wildman–Crippen MR) is 66.1 cm³/mol. The summed E-state index contributed by atoms with van der Waals surface area (Å²) in [4.78, 5) is 0. The van der Waals surface area contributed by atoms with Crippen LogP contribution in [0.25, 0.3) is 0 Å². The second-order valence-electron chi connectivity index (χ2n) is 5.36. The number of hydrogen-bond acceptors (Lipinski definition) is 0. The molecule has 0 N–H and O–H groups in total. The summed E-state index contributed by atoms with van der Waals surface area (Å²) in [5, 5.41) is 0. The molecule has 0 nitrogen and oxygen atoms in total. The van der Waals surface area contributed by atoms with E-state index in [2.05, 4.69) is 50.8 Å². The molecule has 0 radical (unpaired) electrons. The van der Waals surface area contributed by atoms with E-state index in [0.29, 0.717) is 0 Å². The number of rotatable bonds is 5. The van der Waals surface area contributed by atoms with Gasteiger partial charge in [-0.15, -0.1) is 9.24 Å². The summed E-state index contributed by atoms with van der Waals surface area (Å²) >= 11 is 0. The Labute approximate surface area is 87.1 Å². The smallest absolute Gasteiger partial charge is 0.0210 e. The van der Waals surface area contributed by atoms with Gasteiger partial charge in [-0.05, 0) is 35.8 Å². The summed E-state index contributed by atoms with van der Waals surface area (Å²) in [6.45, 7) is 14.0. The second kappa shape index (κ2) is 6.02. The highest BCUT2D eigenvalue weighted by atomic mass is 31.0. The Morgan fingerprint density at radius 2 is 1.31 bits per heavy atom. The zero-order valence-electron chi connectivity index (χ0n) is 10.2. The summed E-state index contributed by atoms with van der Waals surface area (Å²) in [7, 11) is 3.05. The van der Waals surface area contributed by atoms with Crippen molar-refractivity contribution in [2.75, 3.05) is 0 Å². The minimum atomic E-state index is 0.780. The van der Waals surface area contributed by atoms with Crippen LogP contribution in [0.3, 0.4) is 0 Å². The third kappa shape index (κ3) is 5.01. The molecule has 3 atom stereocenters. The topological polar surface area (TPSA) is 0 Å². The van der Waals surface area contributed by atoms with Crippen molar-refractivity contribution in [2.24, 2.45) is 23.7 Å². The maximum atomic E-state index is 3.05. The fourth-order valence-corrected chi connectivity index (χ4v) is 2.51. The van der Waals surface area contributed by atoms with Gasteiger partial charge in [-0.1, -0.05) is 41.5 Å². The molecular weight excluding hydrogens is 175 g/mol. The van der Waals surface area contributed by atoms with Crippen LogP contribution in [-0.2, 0) is 0 Å². The fourth-order valence-electron chi connectivity index (χ4n) is 1.91. The minimum Gasteiger partial charge on any atom is -0.134 e. The molecular formula is C12H27P. The van der Waals surface area contributed by atoms with Crippen LogP contribution in [0.1, 0.15) is 48.0 Å². The highest BCUT2D eigenvalue weighted by molar-refractivity contribution is 7.17. The molecule has 0 amide bonds. The van der Waals surface area contributed by atoms with Gasteiger partial charge >= 0.3 is 0 Å². The Hall–Kier alpha value is 0.430. The van der Waals surface area contributed by atoms with Gasteiger partial charge in [0.25, 0.3) is 0 Å². The lowest BCUT2D eigenvalue weighted by Crippen LogP contribution is -2.26. The van der Waals surface area contributed by atoms with Gasteiger partial charge in [-0.25, -0.2) is 0 Å². The van der Waals surface area contributed by atoms with E-state index in [1.54, 1.807) is 0 Å². The molecule has 0 aromatic heterocycles. The lowest BCUT2D eigenvalue weighted by atomic mass is 9.81. The van der Waals surface area contributed by atoms with Crippen LogP contribution in [0.5, 0.6) is 0 Å². The average molecular weight is 202 g/mol. The van der Waals surface area contributed by atoms with E-state index in [-0.39, 0.29) is 0 Å². The fraction of sp³-hybridized carbons (Fsp3) is 1.00. The lowest BCUT2D eigenvalue weighted by molar-refractivity contribution is 0.278. The maximum absolute atomic E-state index is 3.05. The average Bonchev–Trinajstić information content (AvgIpc) is 1.97. The number of hydrogen-bond donors (Lipinski definition) is 0. The molecule has 0 bridgehead atoms. The molecule has 13 heavy (non-hydrogen) atoms. The van der Waals surface area contributed by atoms with Crippen molar-refractivity contribution in [3.63, 3.8) is 0 Å². The predicted octanol–water partition coefficient (Wildman–Crippen LogP) is 4.20. The molecule has 0 heterocycles. The van der Waals surface area contributed by atoms with E-state index in [1.165, 1.54) is 6.42 Å². The summed E-state index contributed by atoms with van der Waals surface area (Å²) in [5.41, 5.74) is 0.780. The van der Waals surface area contributed by atoms with Crippen molar-refractivity contribution < 1.29 is 0 Å². The molecule has 1 heteroatoms. The highest BCUT2D eigenvalue weighted by Gasteiger charge is 2.23. The maximum Gasteiger partial charge on any atom is -0.0210 e. The molecule has 0 spiro atoms. The van der Waals surface area contributed by atoms with Crippen molar-refractivity contribution in [3.05, 3.63) is 0 Å². The third-order valence-electron chi connectivity index (χ3n) is 2.86. The first-order chi connectivity index (χ1) is 5.86. The first-order valence-electron chi connectivity index (χ1n) is 5.61. The van der Waals surface area contributed by atoms with Crippen LogP contribution in [0.15, 0.2) is 0 Å². The quantitative estimate of drug-likeness (QED) is 0.586. The zero-order chi connectivity index (χ0) is 10.6. The van der Waals surface area contributed by atoms with E-state index < -0.39 is 0 Å². The van der Waals surface area contributed by atoms with Gasteiger partial charge in [-0.3, -0.25) is 0 Å². The van der Waals surface area contributed by atoms with Crippen molar-refractivity contribution in [1.82, 2.24) is 0 Å². The monoisotopic (exact) mass is 202 g/mol. The summed E-state index contributed by atoms with van der Waals surface area (Å²) in [6.07, 6.45) is 1.37. The Balaban J connectivity index is 4.24. The van der Waals surface area contributed by atoms with Gasteiger partial charge in [-0.2, -0.15) is 0 Å². The minimum absolute atomic E-state index is 0.780. The molecule has 0 aliphatic rings. The summed E-state index contributed by atoms with van der Waals surface area (Å²) in [6, 6.07) is 0. The van der Waals surface area contributed by atoms with Gasteiger partial charge in [0.15, 0.2) is 0 Å². The molecule has 0 saturated heterocycles. The van der Waals surface area contributed by atoms with E-state index in [9.17, 15) is 0 Å².